The molecule has 0 radical (unpaired) electrons. The third-order valence-electron chi connectivity index (χ3n) is 2.70. The molecule has 1 amide bonds. The normalized spacial score (nSPS) is 12.2. The van der Waals surface area contributed by atoms with Crippen molar-refractivity contribution in [2.24, 2.45) is 5.73 Å². The van der Waals surface area contributed by atoms with E-state index in [4.69, 9.17) is 5.73 Å². The number of likely N-dealkylation sites (N-methyl/N-ethyl adjacent to an activating group) is 1. The maximum Gasteiger partial charge on any atom is 0.227 e. The summed E-state index contributed by atoms with van der Waals surface area (Å²) in [5.41, 5.74) is 5.89. The minimum absolute atomic E-state index is 0.0285. The zero-order valence-corrected chi connectivity index (χ0v) is 9.61. The Balaban J connectivity index is 2.68. The van der Waals surface area contributed by atoms with Gasteiger partial charge in [-0.25, -0.2) is 4.39 Å². The Hall–Kier alpha value is -1.42. The lowest BCUT2D eigenvalue weighted by atomic mass is 10.1. The van der Waals surface area contributed by atoms with Crippen molar-refractivity contribution in [1.82, 2.24) is 4.90 Å². The topological polar surface area (TPSA) is 46.3 Å². The molecule has 0 aliphatic carbocycles. The summed E-state index contributed by atoms with van der Waals surface area (Å²) in [5.74, 6) is -0.465. The first-order valence-corrected chi connectivity index (χ1v) is 5.25. The summed E-state index contributed by atoms with van der Waals surface area (Å²) >= 11 is 0. The molecular weight excluding hydrogens is 207 g/mol. The van der Waals surface area contributed by atoms with E-state index in [1.165, 1.54) is 6.07 Å². The lowest BCUT2D eigenvalue weighted by molar-refractivity contribution is -0.130. The van der Waals surface area contributed by atoms with Crippen LogP contribution in [0.3, 0.4) is 0 Å². The molecule has 0 bridgehead atoms. The summed E-state index contributed by atoms with van der Waals surface area (Å²) in [4.78, 5) is 13.3. The van der Waals surface area contributed by atoms with E-state index in [1.807, 2.05) is 6.92 Å². The molecule has 16 heavy (non-hydrogen) atoms. The number of nitrogens with two attached hydrogens (primary N) is 1. The molecule has 1 unspecified atom stereocenters. The molecule has 1 atom stereocenters. The maximum atomic E-state index is 13.3. The fourth-order valence-electron chi connectivity index (χ4n) is 1.33. The van der Waals surface area contributed by atoms with Gasteiger partial charge in [0.15, 0.2) is 0 Å². The number of benzene rings is 1. The van der Waals surface area contributed by atoms with E-state index in [-0.39, 0.29) is 24.2 Å². The number of hydrogen-bond donors (Lipinski definition) is 1. The summed E-state index contributed by atoms with van der Waals surface area (Å²) in [6, 6.07) is 6.27. The van der Waals surface area contributed by atoms with E-state index in [1.54, 1.807) is 30.1 Å². The van der Waals surface area contributed by atoms with Gasteiger partial charge in [-0.2, -0.15) is 0 Å². The highest BCUT2D eigenvalue weighted by atomic mass is 19.1. The molecule has 0 aliphatic rings. The van der Waals surface area contributed by atoms with Gasteiger partial charge in [-0.05, 0) is 18.6 Å². The van der Waals surface area contributed by atoms with Crippen molar-refractivity contribution in [1.29, 1.82) is 0 Å². The highest BCUT2D eigenvalue weighted by Crippen LogP contribution is 2.09. The van der Waals surface area contributed by atoms with Crippen LogP contribution in [0.25, 0.3) is 0 Å². The van der Waals surface area contributed by atoms with Gasteiger partial charge in [0.25, 0.3) is 0 Å². The minimum Gasteiger partial charge on any atom is -0.341 e. The van der Waals surface area contributed by atoms with Crippen LogP contribution in [0.1, 0.15) is 12.5 Å². The van der Waals surface area contributed by atoms with Crippen LogP contribution in [0.15, 0.2) is 24.3 Å². The Morgan fingerprint density at radius 3 is 2.69 bits per heavy atom. The Morgan fingerprint density at radius 1 is 1.50 bits per heavy atom. The second-order valence-electron chi connectivity index (χ2n) is 3.86. The predicted octanol–water partition coefficient (Wildman–Crippen LogP) is 1.17. The van der Waals surface area contributed by atoms with Crippen molar-refractivity contribution < 1.29 is 9.18 Å². The largest absolute Gasteiger partial charge is 0.341 e. The fourth-order valence-corrected chi connectivity index (χ4v) is 1.33. The van der Waals surface area contributed by atoms with Crippen LogP contribution < -0.4 is 5.73 Å². The average molecular weight is 224 g/mol. The molecule has 0 saturated heterocycles. The third kappa shape index (κ3) is 3.03. The van der Waals surface area contributed by atoms with Gasteiger partial charge in [-0.1, -0.05) is 18.2 Å². The van der Waals surface area contributed by atoms with Gasteiger partial charge < -0.3 is 10.6 Å². The van der Waals surface area contributed by atoms with Crippen molar-refractivity contribution in [2.75, 3.05) is 13.6 Å². The molecular formula is C12H17FN2O. The summed E-state index contributed by atoms with van der Waals surface area (Å²) in [6.07, 6.45) is 0.0769. The molecule has 88 valence electrons. The number of rotatable bonds is 4. The highest BCUT2D eigenvalue weighted by molar-refractivity contribution is 5.78. The number of carbonyl (C=O) groups is 1. The Morgan fingerprint density at radius 2 is 2.12 bits per heavy atom. The van der Waals surface area contributed by atoms with Crippen LogP contribution in [0, 0.1) is 5.82 Å². The second kappa shape index (κ2) is 5.61. The van der Waals surface area contributed by atoms with Gasteiger partial charge in [0, 0.05) is 19.6 Å². The van der Waals surface area contributed by atoms with Crippen LogP contribution in [0.5, 0.6) is 0 Å². The molecule has 0 heterocycles. The number of amides is 1. The molecule has 2 N–H and O–H groups in total. The van der Waals surface area contributed by atoms with Crippen molar-refractivity contribution >= 4 is 5.91 Å². The SMILES string of the molecule is CC(CN)N(C)C(=O)Cc1ccccc1F. The van der Waals surface area contributed by atoms with Gasteiger partial charge in [0.1, 0.15) is 5.82 Å². The Bertz CT molecular complexity index is 368. The van der Waals surface area contributed by atoms with Crippen LogP contribution in [-0.4, -0.2) is 30.4 Å². The first-order valence-electron chi connectivity index (χ1n) is 5.25. The van der Waals surface area contributed by atoms with E-state index >= 15 is 0 Å². The van der Waals surface area contributed by atoms with Crippen molar-refractivity contribution in [3.63, 3.8) is 0 Å². The monoisotopic (exact) mass is 224 g/mol. The summed E-state index contributed by atoms with van der Waals surface area (Å²) in [6.45, 7) is 2.26. The van der Waals surface area contributed by atoms with E-state index in [0.29, 0.717) is 12.1 Å². The molecule has 0 fully saturated rings. The molecule has 3 nitrogen and oxygen atoms in total. The number of hydrogen-bond acceptors (Lipinski definition) is 2. The molecule has 1 aromatic rings. The summed E-state index contributed by atoms with van der Waals surface area (Å²) < 4.78 is 13.3. The van der Waals surface area contributed by atoms with Gasteiger partial charge in [-0.3, -0.25) is 4.79 Å². The third-order valence-corrected chi connectivity index (χ3v) is 2.70. The standard InChI is InChI=1S/C12H17FN2O/c1-9(8-14)15(2)12(16)7-10-5-3-4-6-11(10)13/h3-6,9H,7-8,14H2,1-2H3. The number of halogens is 1. The molecule has 0 saturated carbocycles. The van der Waals surface area contributed by atoms with Crippen LogP contribution in [0.2, 0.25) is 0 Å². The molecule has 0 aliphatic heterocycles. The number of carbonyl (C=O) groups excluding carboxylic acids is 1. The number of nitrogens with zero attached hydrogens (tertiary/aromatic N) is 1. The first-order chi connectivity index (χ1) is 7.56. The maximum absolute atomic E-state index is 13.3. The zero-order chi connectivity index (χ0) is 12.1. The smallest absolute Gasteiger partial charge is 0.227 e. The summed E-state index contributed by atoms with van der Waals surface area (Å²) in [5, 5.41) is 0. The van der Waals surface area contributed by atoms with Crippen molar-refractivity contribution in [3.8, 4) is 0 Å². The molecule has 1 rings (SSSR count). The van der Waals surface area contributed by atoms with Crippen molar-refractivity contribution in [2.45, 2.75) is 19.4 Å². The van der Waals surface area contributed by atoms with Gasteiger partial charge >= 0.3 is 0 Å². The zero-order valence-electron chi connectivity index (χ0n) is 9.61. The molecule has 4 heteroatoms. The minimum atomic E-state index is -0.343. The fraction of sp³-hybridized carbons (Fsp3) is 0.417. The van der Waals surface area contributed by atoms with E-state index in [0.717, 1.165) is 0 Å². The molecule has 1 aromatic carbocycles. The van der Waals surface area contributed by atoms with E-state index in [2.05, 4.69) is 0 Å². The van der Waals surface area contributed by atoms with E-state index < -0.39 is 0 Å². The molecule has 0 spiro atoms. The van der Waals surface area contributed by atoms with Crippen molar-refractivity contribution in [3.05, 3.63) is 35.6 Å². The van der Waals surface area contributed by atoms with Crippen LogP contribution in [-0.2, 0) is 11.2 Å². The molecule has 0 aromatic heterocycles. The summed E-state index contributed by atoms with van der Waals surface area (Å²) in [7, 11) is 1.68. The Kier molecular flexibility index (Phi) is 4.43. The average Bonchev–Trinajstić information content (AvgIpc) is 2.30. The highest BCUT2D eigenvalue weighted by Gasteiger charge is 2.15. The quantitative estimate of drug-likeness (QED) is 0.834. The lowest BCUT2D eigenvalue weighted by Crippen LogP contribution is -2.40. The van der Waals surface area contributed by atoms with Crippen LogP contribution >= 0.6 is 0 Å². The van der Waals surface area contributed by atoms with E-state index in [9.17, 15) is 9.18 Å². The van der Waals surface area contributed by atoms with Gasteiger partial charge in [0.05, 0.1) is 6.42 Å². The lowest BCUT2D eigenvalue weighted by Gasteiger charge is -2.23. The second-order valence-corrected chi connectivity index (χ2v) is 3.86. The van der Waals surface area contributed by atoms with Gasteiger partial charge in [0.2, 0.25) is 5.91 Å². The van der Waals surface area contributed by atoms with Crippen LogP contribution in [0.4, 0.5) is 4.39 Å². The predicted molar refractivity (Wildman–Crippen MR) is 61.4 cm³/mol. The Labute approximate surface area is 95.0 Å². The van der Waals surface area contributed by atoms with Gasteiger partial charge in [-0.15, -0.1) is 0 Å². The first kappa shape index (κ1) is 12.6.